The third-order valence-corrected chi connectivity index (χ3v) is 3.56. The van der Waals surface area contributed by atoms with Crippen LogP contribution in [0.4, 0.5) is 4.39 Å². The SMILES string of the molecule is CCc1cccc(C(NC)c2ccc(Cl)c(F)c2)c1. The molecule has 0 bridgehead atoms. The highest BCUT2D eigenvalue weighted by Gasteiger charge is 2.13. The van der Waals surface area contributed by atoms with Crippen molar-refractivity contribution in [1.82, 2.24) is 5.32 Å². The fourth-order valence-corrected chi connectivity index (χ4v) is 2.33. The van der Waals surface area contributed by atoms with Gasteiger partial charge < -0.3 is 5.32 Å². The highest BCUT2D eigenvalue weighted by molar-refractivity contribution is 6.30. The largest absolute Gasteiger partial charge is 0.309 e. The van der Waals surface area contributed by atoms with E-state index in [9.17, 15) is 4.39 Å². The lowest BCUT2D eigenvalue weighted by molar-refractivity contribution is 0.617. The summed E-state index contributed by atoms with van der Waals surface area (Å²) in [6.45, 7) is 2.12. The molecule has 1 nitrogen and oxygen atoms in total. The normalized spacial score (nSPS) is 12.4. The lowest BCUT2D eigenvalue weighted by atomic mass is 9.96. The van der Waals surface area contributed by atoms with E-state index in [-0.39, 0.29) is 16.9 Å². The third kappa shape index (κ3) is 3.14. The van der Waals surface area contributed by atoms with Crippen LogP contribution >= 0.6 is 11.6 Å². The average molecular weight is 278 g/mol. The molecule has 0 aromatic heterocycles. The van der Waals surface area contributed by atoms with Gasteiger partial charge in [-0.05, 0) is 42.3 Å². The number of aryl methyl sites for hydroxylation is 1. The van der Waals surface area contributed by atoms with Crippen LogP contribution in [-0.2, 0) is 6.42 Å². The standard InChI is InChI=1S/C16H17ClFN/c1-3-11-5-4-6-12(9-11)16(19-2)13-7-8-14(17)15(18)10-13/h4-10,16,19H,3H2,1-2H3. The average Bonchev–Trinajstić information content (AvgIpc) is 2.44. The van der Waals surface area contributed by atoms with E-state index in [0.29, 0.717) is 0 Å². The Morgan fingerprint density at radius 1 is 1.16 bits per heavy atom. The number of halogens is 2. The Balaban J connectivity index is 2.40. The second kappa shape index (κ2) is 6.18. The fourth-order valence-electron chi connectivity index (χ4n) is 2.21. The van der Waals surface area contributed by atoms with Crippen molar-refractivity contribution in [2.75, 3.05) is 7.05 Å². The maximum absolute atomic E-state index is 13.6. The summed E-state index contributed by atoms with van der Waals surface area (Å²) in [6, 6.07) is 13.2. The van der Waals surface area contributed by atoms with Crippen molar-refractivity contribution in [3.63, 3.8) is 0 Å². The lowest BCUT2D eigenvalue weighted by Gasteiger charge is -2.18. The Hall–Kier alpha value is -1.38. The summed E-state index contributed by atoms with van der Waals surface area (Å²) < 4.78 is 13.6. The van der Waals surface area contributed by atoms with Gasteiger partial charge in [0.15, 0.2) is 0 Å². The smallest absolute Gasteiger partial charge is 0.142 e. The molecule has 1 N–H and O–H groups in total. The van der Waals surface area contributed by atoms with Gasteiger partial charge in [-0.3, -0.25) is 0 Å². The first-order chi connectivity index (χ1) is 9.15. The van der Waals surface area contributed by atoms with E-state index in [2.05, 4.69) is 24.4 Å². The van der Waals surface area contributed by atoms with Gasteiger partial charge in [0.1, 0.15) is 5.82 Å². The van der Waals surface area contributed by atoms with Crippen LogP contribution in [0.2, 0.25) is 5.02 Å². The summed E-state index contributed by atoms with van der Waals surface area (Å²) in [7, 11) is 1.87. The predicted molar refractivity (Wildman–Crippen MR) is 78.1 cm³/mol. The van der Waals surface area contributed by atoms with E-state index in [1.165, 1.54) is 11.6 Å². The molecule has 0 aliphatic heterocycles. The number of rotatable bonds is 4. The van der Waals surface area contributed by atoms with E-state index < -0.39 is 0 Å². The second-order valence-corrected chi connectivity index (χ2v) is 4.90. The zero-order valence-corrected chi connectivity index (χ0v) is 11.8. The highest BCUT2D eigenvalue weighted by Crippen LogP contribution is 2.25. The number of benzene rings is 2. The molecule has 2 rings (SSSR count). The summed E-state index contributed by atoms with van der Waals surface area (Å²) in [4.78, 5) is 0. The molecular weight excluding hydrogens is 261 g/mol. The maximum atomic E-state index is 13.6. The molecule has 0 aliphatic rings. The van der Waals surface area contributed by atoms with Crippen LogP contribution in [0.15, 0.2) is 42.5 Å². The molecule has 0 fully saturated rings. The van der Waals surface area contributed by atoms with E-state index in [0.717, 1.165) is 17.5 Å². The van der Waals surface area contributed by atoms with Crippen molar-refractivity contribution in [3.8, 4) is 0 Å². The van der Waals surface area contributed by atoms with Gasteiger partial charge in [0.05, 0.1) is 11.1 Å². The van der Waals surface area contributed by atoms with Gasteiger partial charge in [-0.2, -0.15) is 0 Å². The predicted octanol–water partition coefficient (Wildman–Crippen LogP) is 4.35. The van der Waals surface area contributed by atoms with Crippen LogP contribution in [0.5, 0.6) is 0 Å². The van der Waals surface area contributed by atoms with Gasteiger partial charge in [-0.25, -0.2) is 4.39 Å². The van der Waals surface area contributed by atoms with E-state index in [1.54, 1.807) is 6.07 Å². The molecule has 2 aromatic carbocycles. The van der Waals surface area contributed by atoms with Gasteiger partial charge in [-0.1, -0.05) is 48.9 Å². The molecule has 0 saturated carbocycles. The molecule has 0 saturated heterocycles. The molecule has 2 aromatic rings. The molecular formula is C16H17ClFN. The van der Waals surface area contributed by atoms with Gasteiger partial charge in [0.25, 0.3) is 0 Å². The van der Waals surface area contributed by atoms with Crippen molar-refractivity contribution in [2.24, 2.45) is 0 Å². The van der Waals surface area contributed by atoms with Crippen LogP contribution in [0, 0.1) is 5.82 Å². The van der Waals surface area contributed by atoms with Crippen LogP contribution < -0.4 is 5.32 Å². The Labute approximate surface area is 118 Å². The molecule has 3 heteroatoms. The third-order valence-electron chi connectivity index (χ3n) is 3.26. The Bertz CT molecular complexity index is 568. The number of hydrogen-bond donors (Lipinski definition) is 1. The molecule has 1 unspecified atom stereocenters. The van der Waals surface area contributed by atoms with Gasteiger partial charge in [-0.15, -0.1) is 0 Å². The fraction of sp³-hybridized carbons (Fsp3) is 0.250. The van der Waals surface area contributed by atoms with Crippen molar-refractivity contribution in [1.29, 1.82) is 0 Å². The molecule has 0 radical (unpaired) electrons. The van der Waals surface area contributed by atoms with Crippen molar-refractivity contribution in [3.05, 3.63) is 70.0 Å². The lowest BCUT2D eigenvalue weighted by Crippen LogP contribution is -2.18. The first-order valence-electron chi connectivity index (χ1n) is 6.36. The molecule has 19 heavy (non-hydrogen) atoms. The summed E-state index contributed by atoms with van der Waals surface area (Å²) in [5.41, 5.74) is 3.27. The Morgan fingerprint density at radius 3 is 2.53 bits per heavy atom. The molecule has 0 heterocycles. The van der Waals surface area contributed by atoms with Gasteiger partial charge in [0.2, 0.25) is 0 Å². The summed E-state index contributed by atoms with van der Waals surface area (Å²) in [5, 5.41) is 3.38. The van der Waals surface area contributed by atoms with Crippen LogP contribution in [-0.4, -0.2) is 7.05 Å². The summed E-state index contributed by atoms with van der Waals surface area (Å²) in [5.74, 6) is -0.383. The van der Waals surface area contributed by atoms with Gasteiger partial charge in [0, 0.05) is 0 Å². The van der Waals surface area contributed by atoms with Crippen LogP contribution in [0.1, 0.15) is 29.7 Å². The molecule has 0 spiro atoms. The second-order valence-electron chi connectivity index (χ2n) is 4.49. The van der Waals surface area contributed by atoms with E-state index >= 15 is 0 Å². The summed E-state index contributed by atoms with van der Waals surface area (Å²) in [6.07, 6.45) is 0.985. The maximum Gasteiger partial charge on any atom is 0.142 e. The minimum atomic E-state index is -0.383. The van der Waals surface area contributed by atoms with E-state index in [4.69, 9.17) is 11.6 Å². The first kappa shape index (κ1) is 14.0. The van der Waals surface area contributed by atoms with Crippen molar-refractivity contribution in [2.45, 2.75) is 19.4 Å². The highest BCUT2D eigenvalue weighted by atomic mass is 35.5. The molecule has 100 valence electrons. The Kier molecular flexibility index (Phi) is 4.56. The summed E-state index contributed by atoms with van der Waals surface area (Å²) >= 11 is 5.73. The molecule has 0 amide bonds. The van der Waals surface area contributed by atoms with Gasteiger partial charge >= 0.3 is 0 Å². The van der Waals surface area contributed by atoms with Crippen molar-refractivity contribution >= 4 is 11.6 Å². The first-order valence-corrected chi connectivity index (χ1v) is 6.74. The zero-order valence-electron chi connectivity index (χ0n) is 11.1. The van der Waals surface area contributed by atoms with Crippen LogP contribution in [0.25, 0.3) is 0 Å². The molecule has 0 aliphatic carbocycles. The minimum Gasteiger partial charge on any atom is -0.309 e. The van der Waals surface area contributed by atoms with E-state index in [1.807, 2.05) is 25.2 Å². The Morgan fingerprint density at radius 2 is 1.89 bits per heavy atom. The van der Waals surface area contributed by atoms with Crippen molar-refractivity contribution < 1.29 is 4.39 Å². The van der Waals surface area contributed by atoms with Crippen LogP contribution in [0.3, 0.4) is 0 Å². The zero-order chi connectivity index (χ0) is 13.8. The quantitative estimate of drug-likeness (QED) is 0.876. The minimum absolute atomic E-state index is 0.0294. The number of hydrogen-bond acceptors (Lipinski definition) is 1. The topological polar surface area (TPSA) is 12.0 Å². The monoisotopic (exact) mass is 277 g/mol. The molecule has 1 atom stereocenters. The number of nitrogens with one attached hydrogen (secondary N) is 1.